The van der Waals surface area contributed by atoms with Gasteiger partial charge in [0.2, 0.25) is 0 Å². The number of rotatable bonds is 6. The lowest BCUT2D eigenvalue weighted by Crippen LogP contribution is -2.25. The quantitative estimate of drug-likeness (QED) is 0.840. The molecule has 0 spiro atoms. The van der Waals surface area contributed by atoms with E-state index in [4.69, 9.17) is 4.74 Å². The Labute approximate surface area is 114 Å². The molecule has 2 nitrogen and oxygen atoms in total. The van der Waals surface area contributed by atoms with Gasteiger partial charge in [0, 0.05) is 15.6 Å². The lowest BCUT2D eigenvalue weighted by molar-refractivity contribution is 0.123. The van der Waals surface area contributed by atoms with Crippen molar-refractivity contribution in [1.29, 1.82) is 0 Å². The zero-order chi connectivity index (χ0) is 12.0. The second kappa shape index (κ2) is 7.43. The van der Waals surface area contributed by atoms with Gasteiger partial charge in [-0.05, 0) is 37.2 Å². The van der Waals surface area contributed by atoms with Crippen LogP contribution in [0.3, 0.4) is 0 Å². The second-order valence-electron chi connectivity index (χ2n) is 3.44. The third kappa shape index (κ3) is 4.17. The average Bonchev–Trinajstić information content (AvgIpc) is 2.28. The molecule has 0 amide bonds. The summed E-state index contributed by atoms with van der Waals surface area (Å²) in [5.74, 6) is 0. The highest BCUT2D eigenvalue weighted by Gasteiger charge is 2.13. The lowest BCUT2D eigenvalue weighted by atomic mass is 10.1. The first-order chi connectivity index (χ1) is 7.69. The van der Waals surface area contributed by atoms with Crippen LogP contribution in [0.4, 0.5) is 0 Å². The molecule has 1 aromatic rings. The first-order valence-electron chi connectivity index (χ1n) is 5.45. The molecule has 1 atom stereocenters. The highest BCUT2D eigenvalue weighted by Crippen LogP contribution is 2.27. The van der Waals surface area contributed by atoms with Crippen molar-refractivity contribution in [3.8, 4) is 0 Å². The SMILES string of the molecule is CCNC(COCC)c1cc(Br)ccc1Br. The number of likely N-dealkylation sites (N-methyl/N-ethyl adjacent to an activating group) is 1. The van der Waals surface area contributed by atoms with Gasteiger partial charge in [0.25, 0.3) is 0 Å². The van der Waals surface area contributed by atoms with E-state index in [9.17, 15) is 0 Å². The third-order valence-corrected chi connectivity index (χ3v) is 3.49. The standard InChI is InChI=1S/C12H17Br2NO/c1-3-15-12(8-16-4-2)10-7-9(13)5-6-11(10)14/h5-7,12,15H,3-4,8H2,1-2H3. The van der Waals surface area contributed by atoms with Crippen LogP contribution >= 0.6 is 31.9 Å². The van der Waals surface area contributed by atoms with Crippen molar-refractivity contribution in [3.05, 3.63) is 32.7 Å². The van der Waals surface area contributed by atoms with E-state index in [1.165, 1.54) is 5.56 Å². The Kier molecular flexibility index (Phi) is 6.58. The number of hydrogen-bond donors (Lipinski definition) is 1. The van der Waals surface area contributed by atoms with Crippen LogP contribution in [0.25, 0.3) is 0 Å². The summed E-state index contributed by atoms with van der Waals surface area (Å²) >= 11 is 7.07. The third-order valence-electron chi connectivity index (χ3n) is 2.27. The van der Waals surface area contributed by atoms with Gasteiger partial charge >= 0.3 is 0 Å². The van der Waals surface area contributed by atoms with Gasteiger partial charge in [-0.3, -0.25) is 0 Å². The summed E-state index contributed by atoms with van der Waals surface area (Å²) < 4.78 is 7.70. The van der Waals surface area contributed by atoms with Crippen LogP contribution in [0.5, 0.6) is 0 Å². The molecule has 1 rings (SSSR count). The van der Waals surface area contributed by atoms with E-state index in [0.717, 1.165) is 22.1 Å². The molecule has 0 aliphatic heterocycles. The van der Waals surface area contributed by atoms with Crippen LogP contribution in [-0.4, -0.2) is 19.8 Å². The van der Waals surface area contributed by atoms with Gasteiger partial charge in [0.05, 0.1) is 12.6 Å². The summed E-state index contributed by atoms with van der Waals surface area (Å²) in [6.07, 6.45) is 0. The molecule has 0 aromatic heterocycles. The van der Waals surface area contributed by atoms with E-state index in [1.54, 1.807) is 0 Å². The maximum atomic E-state index is 5.50. The molecule has 0 aliphatic carbocycles. The molecule has 0 heterocycles. The van der Waals surface area contributed by atoms with Crippen LogP contribution in [0.15, 0.2) is 27.1 Å². The summed E-state index contributed by atoms with van der Waals surface area (Å²) in [5.41, 5.74) is 1.23. The van der Waals surface area contributed by atoms with Gasteiger partial charge in [-0.15, -0.1) is 0 Å². The molecule has 1 aromatic carbocycles. The van der Waals surface area contributed by atoms with Crippen molar-refractivity contribution in [3.63, 3.8) is 0 Å². The molecule has 0 radical (unpaired) electrons. The van der Waals surface area contributed by atoms with Crippen molar-refractivity contribution in [1.82, 2.24) is 5.32 Å². The predicted octanol–water partition coefficient (Wildman–Crippen LogP) is 3.90. The summed E-state index contributed by atoms with van der Waals surface area (Å²) in [7, 11) is 0. The fourth-order valence-corrected chi connectivity index (χ4v) is 2.42. The number of halogens is 2. The van der Waals surface area contributed by atoms with Crippen LogP contribution in [-0.2, 0) is 4.74 Å². The molecule has 0 saturated carbocycles. The molecule has 0 fully saturated rings. The Morgan fingerprint density at radius 2 is 2.06 bits per heavy atom. The molecule has 90 valence electrons. The topological polar surface area (TPSA) is 21.3 Å². The normalized spacial score (nSPS) is 12.8. The van der Waals surface area contributed by atoms with Crippen LogP contribution < -0.4 is 5.32 Å². The molecule has 0 bridgehead atoms. The predicted molar refractivity (Wildman–Crippen MR) is 74.8 cm³/mol. The second-order valence-corrected chi connectivity index (χ2v) is 5.21. The molecule has 16 heavy (non-hydrogen) atoms. The minimum absolute atomic E-state index is 0.233. The Balaban J connectivity index is 2.85. The summed E-state index contributed by atoms with van der Waals surface area (Å²) in [6, 6.07) is 6.43. The van der Waals surface area contributed by atoms with Crippen LogP contribution in [0, 0.1) is 0 Å². The van der Waals surface area contributed by atoms with Gasteiger partial charge in [-0.2, -0.15) is 0 Å². The monoisotopic (exact) mass is 349 g/mol. The Morgan fingerprint density at radius 3 is 2.69 bits per heavy atom. The number of hydrogen-bond acceptors (Lipinski definition) is 2. The van der Waals surface area contributed by atoms with Crippen LogP contribution in [0.1, 0.15) is 25.5 Å². The van der Waals surface area contributed by atoms with Gasteiger partial charge in [-0.25, -0.2) is 0 Å². The minimum Gasteiger partial charge on any atom is -0.380 e. The molecular formula is C12H17Br2NO. The zero-order valence-electron chi connectivity index (χ0n) is 9.59. The first-order valence-corrected chi connectivity index (χ1v) is 7.03. The zero-order valence-corrected chi connectivity index (χ0v) is 12.8. The minimum atomic E-state index is 0.233. The molecule has 0 aliphatic rings. The largest absolute Gasteiger partial charge is 0.380 e. The van der Waals surface area contributed by atoms with Crippen molar-refractivity contribution < 1.29 is 4.74 Å². The van der Waals surface area contributed by atoms with Gasteiger partial charge in [0.15, 0.2) is 0 Å². The van der Waals surface area contributed by atoms with E-state index >= 15 is 0 Å². The van der Waals surface area contributed by atoms with Gasteiger partial charge < -0.3 is 10.1 Å². The van der Waals surface area contributed by atoms with E-state index in [2.05, 4.69) is 56.2 Å². The van der Waals surface area contributed by atoms with Crippen molar-refractivity contribution in [2.45, 2.75) is 19.9 Å². The van der Waals surface area contributed by atoms with E-state index in [-0.39, 0.29) is 6.04 Å². The fraction of sp³-hybridized carbons (Fsp3) is 0.500. The van der Waals surface area contributed by atoms with Gasteiger partial charge in [-0.1, -0.05) is 38.8 Å². The highest BCUT2D eigenvalue weighted by atomic mass is 79.9. The molecule has 0 saturated heterocycles. The average molecular weight is 351 g/mol. The Morgan fingerprint density at radius 1 is 1.31 bits per heavy atom. The summed E-state index contributed by atoms with van der Waals surface area (Å²) in [4.78, 5) is 0. The Bertz CT molecular complexity index is 331. The van der Waals surface area contributed by atoms with Crippen molar-refractivity contribution >= 4 is 31.9 Å². The molecule has 1 unspecified atom stereocenters. The molecule has 4 heteroatoms. The van der Waals surface area contributed by atoms with Crippen molar-refractivity contribution in [2.75, 3.05) is 19.8 Å². The van der Waals surface area contributed by atoms with E-state index in [0.29, 0.717) is 6.61 Å². The maximum absolute atomic E-state index is 5.50. The summed E-state index contributed by atoms with van der Waals surface area (Å²) in [6.45, 7) is 6.48. The highest BCUT2D eigenvalue weighted by molar-refractivity contribution is 9.11. The number of nitrogens with one attached hydrogen (secondary N) is 1. The van der Waals surface area contributed by atoms with Crippen LogP contribution in [0.2, 0.25) is 0 Å². The lowest BCUT2D eigenvalue weighted by Gasteiger charge is -2.19. The fourth-order valence-electron chi connectivity index (χ4n) is 1.52. The number of ether oxygens (including phenoxy) is 1. The van der Waals surface area contributed by atoms with Gasteiger partial charge in [0.1, 0.15) is 0 Å². The summed E-state index contributed by atoms with van der Waals surface area (Å²) in [5, 5.41) is 3.43. The first kappa shape index (κ1) is 14.2. The molecule has 1 N–H and O–H groups in total. The maximum Gasteiger partial charge on any atom is 0.0661 e. The van der Waals surface area contributed by atoms with Crippen molar-refractivity contribution in [2.24, 2.45) is 0 Å². The van der Waals surface area contributed by atoms with E-state index < -0.39 is 0 Å². The van der Waals surface area contributed by atoms with E-state index in [1.807, 2.05) is 13.0 Å². The number of benzene rings is 1. The Hall–Kier alpha value is 0.1000. The smallest absolute Gasteiger partial charge is 0.0661 e. The molecular weight excluding hydrogens is 334 g/mol.